The summed E-state index contributed by atoms with van der Waals surface area (Å²) in [6, 6.07) is 9.06. The number of nitrogens with one attached hydrogen (secondary N) is 3. The van der Waals surface area contributed by atoms with Crippen molar-refractivity contribution in [2.45, 2.75) is 12.3 Å². The summed E-state index contributed by atoms with van der Waals surface area (Å²) in [5, 5.41) is 8.84. The molecule has 25 heavy (non-hydrogen) atoms. The molecular formula is C18H20N4O3. The first-order valence-electron chi connectivity index (χ1n) is 8.07. The van der Waals surface area contributed by atoms with E-state index in [4.69, 9.17) is 4.74 Å². The smallest absolute Gasteiger partial charge is 0.228 e. The van der Waals surface area contributed by atoms with Gasteiger partial charge in [0.25, 0.3) is 0 Å². The Morgan fingerprint density at radius 2 is 2.24 bits per heavy atom. The van der Waals surface area contributed by atoms with Gasteiger partial charge in [-0.05, 0) is 35.9 Å². The Labute approximate surface area is 145 Å². The zero-order chi connectivity index (χ0) is 17.6. The van der Waals surface area contributed by atoms with Crippen LogP contribution < -0.4 is 20.7 Å². The van der Waals surface area contributed by atoms with Crippen LogP contribution in [0.1, 0.15) is 17.9 Å². The van der Waals surface area contributed by atoms with Gasteiger partial charge in [-0.1, -0.05) is 0 Å². The zero-order valence-corrected chi connectivity index (χ0v) is 13.9. The SMILES string of the molecule is COc1ccc2c(c1)C(C(=O)NCCNc1cccnc1)CC(=O)N2. The summed E-state index contributed by atoms with van der Waals surface area (Å²) in [6.07, 6.45) is 3.55. The lowest BCUT2D eigenvalue weighted by molar-refractivity contribution is -0.126. The molecule has 3 rings (SSSR count). The summed E-state index contributed by atoms with van der Waals surface area (Å²) in [5.74, 6) is -0.188. The minimum atomic E-state index is -0.516. The lowest BCUT2D eigenvalue weighted by Crippen LogP contribution is -2.37. The van der Waals surface area contributed by atoms with Gasteiger partial charge in [0.2, 0.25) is 11.8 Å². The van der Waals surface area contributed by atoms with Crippen molar-refractivity contribution in [1.82, 2.24) is 10.3 Å². The number of fused-ring (bicyclic) bond motifs is 1. The highest BCUT2D eigenvalue weighted by atomic mass is 16.5. The Morgan fingerprint density at radius 1 is 1.36 bits per heavy atom. The molecule has 0 radical (unpaired) electrons. The van der Waals surface area contributed by atoms with E-state index >= 15 is 0 Å². The van der Waals surface area contributed by atoms with Crippen molar-refractivity contribution < 1.29 is 14.3 Å². The van der Waals surface area contributed by atoms with Crippen LogP contribution >= 0.6 is 0 Å². The van der Waals surface area contributed by atoms with Crippen LogP contribution in [0.2, 0.25) is 0 Å². The van der Waals surface area contributed by atoms with Gasteiger partial charge in [-0.3, -0.25) is 14.6 Å². The van der Waals surface area contributed by atoms with Gasteiger partial charge in [-0.2, -0.15) is 0 Å². The Balaban J connectivity index is 1.61. The first-order chi connectivity index (χ1) is 12.2. The van der Waals surface area contributed by atoms with Gasteiger partial charge in [-0.25, -0.2) is 0 Å². The third kappa shape index (κ3) is 4.06. The van der Waals surface area contributed by atoms with Crippen molar-refractivity contribution in [3.05, 3.63) is 48.3 Å². The van der Waals surface area contributed by atoms with Crippen LogP contribution in [0, 0.1) is 0 Å². The van der Waals surface area contributed by atoms with E-state index in [1.807, 2.05) is 12.1 Å². The number of nitrogens with zero attached hydrogens (tertiary/aromatic N) is 1. The number of aromatic nitrogens is 1. The number of methoxy groups -OCH3 is 1. The van der Waals surface area contributed by atoms with Crippen molar-refractivity contribution >= 4 is 23.2 Å². The van der Waals surface area contributed by atoms with Gasteiger partial charge < -0.3 is 20.7 Å². The molecular weight excluding hydrogens is 320 g/mol. The minimum Gasteiger partial charge on any atom is -0.497 e. The second-order valence-corrected chi connectivity index (χ2v) is 5.72. The van der Waals surface area contributed by atoms with Crippen molar-refractivity contribution in [2.24, 2.45) is 0 Å². The first-order valence-corrected chi connectivity index (χ1v) is 8.07. The summed E-state index contributed by atoms with van der Waals surface area (Å²) in [4.78, 5) is 28.4. The highest BCUT2D eigenvalue weighted by Crippen LogP contribution is 2.34. The first kappa shape index (κ1) is 16.8. The molecule has 2 heterocycles. The summed E-state index contributed by atoms with van der Waals surface area (Å²) in [7, 11) is 1.57. The van der Waals surface area contributed by atoms with Crippen LogP contribution in [0.3, 0.4) is 0 Å². The quantitative estimate of drug-likeness (QED) is 0.697. The van der Waals surface area contributed by atoms with E-state index in [1.165, 1.54) is 0 Å². The van der Waals surface area contributed by atoms with Gasteiger partial charge in [0, 0.05) is 37.6 Å². The summed E-state index contributed by atoms with van der Waals surface area (Å²) in [5.41, 5.74) is 2.33. The second-order valence-electron chi connectivity index (χ2n) is 5.72. The van der Waals surface area contributed by atoms with Crippen LogP contribution in [0.15, 0.2) is 42.7 Å². The third-order valence-corrected chi connectivity index (χ3v) is 4.03. The maximum absolute atomic E-state index is 12.5. The predicted molar refractivity (Wildman–Crippen MR) is 94.7 cm³/mol. The van der Waals surface area contributed by atoms with Crippen molar-refractivity contribution in [3.63, 3.8) is 0 Å². The Bertz CT molecular complexity index is 764. The Kier molecular flexibility index (Phi) is 5.13. The van der Waals surface area contributed by atoms with E-state index in [0.717, 1.165) is 11.3 Å². The van der Waals surface area contributed by atoms with Crippen LogP contribution in [-0.2, 0) is 9.59 Å². The molecule has 130 valence electrons. The molecule has 7 nitrogen and oxygen atoms in total. The lowest BCUT2D eigenvalue weighted by Gasteiger charge is -2.25. The average molecular weight is 340 g/mol. The largest absolute Gasteiger partial charge is 0.497 e. The number of anilines is 2. The number of rotatable bonds is 6. The van der Waals surface area contributed by atoms with Gasteiger partial charge >= 0.3 is 0 Å². The van der Waals surface area contributed by atoms with Crippen LogP contribution in [-0.4, -0.2) is 37.0 Å². The van der Waals surface area contributed by atoms with E-state index in [9.17, 15) is 9.59 Å². The fourth-order valence-corrected chi connectivity index (χ4v) is 2.78. The third-order valence-electron chi connectivity index (χ3n) is 4.03. The van der Waals surface area contributed by atoms with Gasteiger partial charge in [0.15, 0.2) is 0 Å². The Hall–Kier alpha value is -3.09. The number of benzene rings is 1. The zero-order valence-electron chi connectivity index (χ0n) is 13.9. The molecule has 0 bridgehead atoms. The van der Waals surface area contributed by atoms with E-state index in [-0.39, 0.29) is 18.2 Å². The highest BCUT2D eigenvalue weighted by molar-refractivity contribution is 6.01. The second kappa shape index (κ2) is 7.65. The molecule has 0 spiro atoms. The van der Waals surface area contributed by atoms with Gasteiger partial charge in [0.1, 0.15) is 5.75 Å². The van der Waals surface area contributed by atoms with Crippen LogP contribution in [0.25, 0.3) is 0 Å². The van der Waals surface area contributed by atoms with Crippen molar-refractivity contribution in [2.75, 3.05) is 30.8 Å². The molecule has 1 aromatic carbocycles. The van der Waals surface area contributed by atoms with Crippen LogP contribution in [0.5, 0.6) is 5.75 Å². The molecule has 1 unspecified atom stereocenters. The molecule has 7 heteroatoms. The molecule has 1 atom stereocenters. The van der Waals surface area contributed by atoms with E-state index in [0.29, 0.717) is 24.5 Å². The molecule has 2 aromatic rings. The minimum absolute atomic E-state index is 0.127. The van der Waals surface area contributed by atoms with Gasteiger partial charge in [-0.15, -0.1) is 0 Å². The van der Waals surface area contributed by atoms with Crippen LogP contribution in [0.4, 0.5) is 11.4 Å². The number of amides is 2. The molecule has 3 N–H and O–H groups in total. The fourth-order valence-electron chi connectivity index (χ4n) is 2.78. The lowest BCUT2D eigenvalue weighted by atomic mass is 9.89. The molecule has 2 amide bonds. The predicted octanol–water partition coefficient (Wildman–Crippen LogP) is 1.74. The number of hydrogen-bond acceptors (Lipinski definition) is 5. The van der Waals surface area contributed by atoms with E-state index in [2.05, 4.69) is 20.9 Å². The van der Waals surface area contributed by atoms with Crippen molar-refractivity contribution in [1.29, 1.82) is 0 Å². The normalized spacial score (nSPS) is 15.7. The van der Waals surface area contributed by atoms with E-state index in [1.54, 1.807) is 37.7 Å². The number of pyridine rings is 1. The Morgan fingerprint density at radius 3 is 3.00 bits per heavy atom. The van der Waals surface area contributed by atoms with Gasteiger partial charge in [0.05, 0.1) is 18.7 Å². The fraction of sp³-hybridized carbons (Fsp3) is 0.278. The summed E-state index contributed by atoms with van der Waals surface area (Å²) in [6.45, 7) is 1.02. The highest BCUT2D eigenvalue weighted by Gasteiger charge is 2.30. The standard InChI is InChI=1S/C18H20N4O3/c1-25-13-4-5-16-14(9-13)15(10-17(23)22-16)18(24)21-8-7-20-12-3-2-6-19-11-12/h2-6,9,11,15,20H,7-8,10H2,1H3,(H,21,24)(H,22,23). The number of ether oxygens (including phenoxy) is 1. The molecule has 0 fully saturated rings. The molecule has 1 aliphatic rings. The molecule has 1 aromatic heterocycles. The number of hydrogen-bond donors (Lipinski definition) is 3. The maximum atomic E-state index is 12.5. The molecule has 0 aliphatic carbocycles. The monoisotopic (exact) mass is 340 g/mol. The number of carbonyl (C=O) groups excluding carboxylic acids is 2. The van der Waals surface area contributed by atoms with Crippen molar-refractivity contribution in [3.8, 4) is 5.75 Å². The molecule has 0 saturated carbocycles. The maximum Gasteiger partial charge on any atom is 0.228 e. The summed E-state index contributed by atoms with van der Waals surface area (Å²) >= 11 is 0. The summed E-state index contributed by atoms with van der Waals surface area (Å²) < 4.78 is 5.22. The topological polar surface area (TPSA) is 92.3 Å². The average Bonchev–Trinajstić information content (AvgIpc) is 2.65. The molecule has 0 saturated heterocycles. The number of carbonyl (C=O) groups is 2. The van der Waals surface area contributed by atoms with E-state index < -0.39 is 5.92 Å². The molecule has 1 aliphatic heterocycles.